The smallest absolute Gasteiger partial charge is 0.191 e. The second-order valence-electron chi connectivity index (χ2n) is 7.50. The van der Waals surface area contributed by atoms with Crippen LogP contribution in [0.1, 0.15) is 10.9 Å². The standard InChI is InChI=1S/C19H32N6OS/c1-20-19(21-13-16-15-23-4-6-24(16)7-5-23)22-14-17(18-3-2-12-27-18)25-8-10-26-11-9-25/h2-3,12,16-17H,4-11,13-15H2,1H3,(H2,20,21,22). The summed E-state index contributed by atoms with van der Waals surface area (Å²) in [6.07, 6.45) is 0. The third kappa shape index (κ3) is 4.81. The summed E-state index contributed by atoms with van der Waals surface area (Å²) < 4.78 is 5.54. The van der Waals surface area contributed by atoms with E-state index in [1.54, 1.807) is 0 Å². The molecule has 0 amide bonds. The molecular weight excluding hydrogens is 360 g/mol. The van der Waals surface area contributed by atoms with E-state index in [2.05, 4.69) is 47.8 Å². The van der Waals surface area contributed by atoms with Gasteiger partial charge in [-0.2, -0.15) is 0 Å². The van der Waals surface area contributed by atoms with Crippen LogP contribution in [0.2, 0.25) is 0 Å². The molecule has 4 aliphatic rings. The Kier molecular flexibility index (Phi) is 6.62. The summed E-state index contributed by atoms with van der Waals surface area (Å²) in [5.74, 6) is 0.905. The molecule has 0 aromatic carbocycles. The van der Waals surface area contributed by atoms with Crippen LogP contribution in [0.5, 0.6) is 0 Å². The minimum absolute atomic E-state index is 0.369. The molecule has 5 heterocycles. The van der Waals surface area contributed by atoms with Gasteiger partial charge in [-0.3, -0.25) is 19.7 Å². The minimum Gasteiger partial charge on any atom is -0.379 e. The first-order valence-corrected chi connectivity index (χ1v) is 11.0. The van der Waals surface area contributed by atoms with Gasteiger partial charge < -0.3 is 15.4 Å². The van der Waals surface area contributed by atoms with Crippen molar-refractivity contribution in [2.24, 2.45) is 4.99 Å². The molecule has 2 bridgehead atoms. The molecule has 4 fully saturated rings. The zero-order chi connectivity index (χ0) is 18.5. The van der Waals surface area contributed by atoms with E-state index in [0.29, 0.717) is 12.1 Å². The first-order valence-electron chi connectivity index (χ1n) is 10.1. The molecule has 150 valence electrons. The summed E-state index contributed by atoms with van der Waals surface area (Å²) in [5.41, 5.74) is 0. The fourth-order valence-electron chi connectivity index (χ4n) is 4.33. The molecule has 1 aromatic heterocycles. The van der Waals surface area contributed by atoms with Gasteiger partial charge in [0.1, 0.15) is 0 Å². The monoisotopic (exact) mass is 392 g/mol. The minimum atomic E-state index is 0.369. The lowest BCUT2D eigenvalue weighted by atomic mass is 10.1. The molecule has 4 saturated heterocycles. The van der Waals surface area contributed by atoms with Crippen molar-refractivity contribution in [1.82, 2.24) is 25.3 Å². The van der Waals surface area contributed by atoms with E-state index in [-0.39, 0.29) is 0 Å². The lowest BCUT2D eigenvalue weighted by Crippen LogP contribution is -2.64. The molecule has 2 atom stereocenters. The molecule has 7 nitrogen and oxygen atoms in total. The van der Waals surface area contributed by atoms with Crippen LogP contribution in [0.25, 0.3) is 0 Å². The van der Waals surface area contributed by atoms with Gasteiger partial charge in [-0.15, -0.1) is 11.3 Å². The molecule has 27 heavy (non-hydrogen) atoms. The normalized spacial score (nSPS) is 30.3. The highest BCUT2D eigenvalue weighted by Crippen LogP contribution is 2.25. The zero-order valence-electron chi connectivity index (χ0n) is 16.3. The van der Waals surface area contributed by atoms with Crippen LogP contribution >= 0.6 is 11.3 Å². The van der Waals surface area contributed by atoms with Crippen LogP contribution in [0.15, 0.2) is 22.5 Å². The highest BCUT2D eigenvalue weighted by molar-refractivity contribution is 7.10. The number of guanidine groups is 1. The number of hydrogen-bond acceptors (Lipinski definition) is 6. The zero-order valence-corrected chi connectivity index (χ0v) is 17.1. The first-order chi connectivity index (χ1) is 13.3. The third-order valence-electron chi connectivity index (χ3n) is 5.94. The molecular formula is C19H32N6OS. The Balaban J connectivity index is 1.30. The van der Waals surface area contributed by atoms with E-state index in [1.807, 2.05) is 18.4 Å². The molecule has 0 spiro atoms. The van der Waals surface area contributed by atoms with Gasteiger partial charge >= 0.3 is 0 Å². The van der Waals surface area contributed by atoms with Crippen LogP contribution in [0, 0.1) is 0 Å². The van der Waals surface area contributed by atoms with Crippen molar-refractivity contribution in [2.45, 2.75) is 12.1 Å². The molecule has 2 N–H and O–H groups in total. The second kappa shape index (κ2) is 9.34. The van der Waals surface area contributed by atoms with Gasteiger partial charge in [0.2, 0.25) is 0 Å². The number of thiophene rings is 1. The number of nitrogens with zero attached hydrogens (tertiary/aromatic N) is 4. The maximum atomic E-state index is 5.54. The lowest BCUT2D eigenvalue weighted by molar-refractivity contribution is 0.0150. The van der Waals surface area contributed by atoms with Crippen molar-refractivity contribution < 1.29 is 4.74 Å². The van der Waals surface area contributed by atoms with Gasteiger partial charge in [0.25, 0.3) is 0 Å². The Morgan fingerprint density at radius 3 is 2.67 bits per heavy atom. The number of aliphatic imine (C=N–C) groups is 1. The summed E-state index contributed by atoms with van der Waals surface area (Å²) >= 11 is 1.83. The SMILES string of the molecule is CN=C(NCC1CN2CCN1CC2)NCC(c1cccs1)N1CCOCC1. The van der Waals surface area contributed by atoms with Crippen molar-refractivity contribution in [3.63, 3.8) is 0 Å². The van der Waals surface area contributed by atoms with Crippen LogP contribution < -0.4 is 10.6 Å². The van der Waals surface area contributed by atoms with Crippen molar-refractivity contribution in [3.05, 3.63) is 22.4 Å². The summed E-state index contributed by atoms with van der Waals surface area (Å²) in [5, 5.41) is 9.29. The van der Waals surface area contributed by atoms with Gasteiger partial charge in [0.15, 0.2) is 5.96 Å². The number of piperazine rings is 3. The Hall–Kier alpha value is -1.19. The van der Waals surface area contributed by atoms with E-state index in [0.717, 1.165) is 45.4 Å². The molecule has 2 unspecified atom stereocenters. The molecule has 8 heteroatoms. The summed E-state index contributed by atoms with van der Waals surface area (Å²) in [6.45, 7) is 11.5. The fourth-order valence-corrected chi connectivity index (χ4v) is 5.19. The fraction of sp³-hybridized carbons (Fsp3) is 0.737. The maximum absolute atomic E-state index is 5.54. The van der Waals surface area contributed by atoms with E-state index in [1.165, 1.54) is 37.6 Å². The van der Waals surface area contributed by atoms with Crippen molar-refractivity contribution >= 4 is 17.3 Å². The van der Waals surface area contributed by atoms with E-state index in [9.17, 15) is 0 Å². The van der Waals surface area contributed by atoms with E-state index >= 15 is 0 Å². The highest BCUT2D eigenvalue weighted by Gasteiger charge is 2.31. The third-order valence-corrected chi connectivity index (χ3v) is 6.92. The number of morpholine rings is 1. The summed E-state index contributed by atoms with van der Waals surface area (Å²) in [4.78, 5) is 13.6. The van der Waals surface area contributed by atoms with Crippen molar-refractivity contribution in [1.29, 1.82) is 0 Å². The first kappa shape index (κ1) is 19.1. The van der Waals surface area contributed by atoms with Gasteiger partial charge in [-0.1, -0.05) is 6.07 Å². The highest BCUT2D eigenvalue weighted by atomic mass is 32.1. The average Bonchev–Trinajstić information content (AvgIpc) is 3.27. The number of nitrogens with one attached hydrogen (secondary N) is 2. The summed E-state index contributed by atoms with van der Waals surface area (Å²) in [6, 6.07) is 5.34. The molecule has 4 aliphatic heterocycles. The summed E-state index contributed by atoms with van der Waals surface area (Å²) in [7, 11) is 1.86. The van der Waals surface area contributed by atoms with Crippen LogP contribution in [0.4, 0.5) is 0 Å². The molecule has 0 aliphatic carbocycles. The largest absolute Gasteiger partial charge is 0.379 e. The predicted molar refractivity (Wildman–Crippen MR) is 111 cm³/mol. The molecule has 0 radical (unpaired) electrons. The van der Waals surface area contributed by atoms with E-state index < -0.39 is 0 Å². The molecule has 1 aromatic rings. The van der Waals surface area contributed by atoms with Gasteiger partial charge in [-0.25, -0.2) is 0 Å². The topological polar surface area (TPSA) is 55.4 Å². The number of rotatable bonds is 6. The average molecular weight is 393 g/mol. The van der Waals surface area contributed by atoms with Gasteiger partial charge in [0, 0.05) is 76.9 Å². The Morgan fingerprint density at radius 1 is 1.22 bits per heavy atom. The molecule has 0 saturated carbocycles. The Morgan fingerprint density at radius 2 is 2.04 bits per heavy atom. The van der Waals surface area contributed by atoms with Gasteiger partial charge in [0.05, 0.1) is 19.3 Å². The number of ether oxygens (including phenoxy) is 1. The Bertz CT molecular complexity index is 595. The van der Waals surface area contributed by atoms with Gasteiger partial charge in [-0.05, 0) is 11.4 Å². The van der Waals surface area contributed by atoms with Crippen LogP contribution in [0.3, 0.4) is 0 Å². The lowest BCUT2D eigenvalue weighted by Gasteiger charge is -2.47. The number of fused-ring (bicyclic) bond motifs is 3. The second-order valence-corrected chi connectivity index (χ2v) is 8.48. The van der Waals surface area contributed by atoms with E-state index in [4.69, 9.17) is 4.74 Å². The predicted octanol–water partition coefficient (Wildman–Crippen LogP) is 0.286. The number of hydrogen-bond donors (Lipinski definition) is 2. The quantitative estimate of drug-likeness (QED) is 0.536. The van der Waals surface area contributed by atoms with Crippen LogP contribution in [-0.2, 0) is 4.74 Å². The maximum Gasteiger partial charge on any atom is 0.191 e. The van der Waals surface area contributed by atoms with Crippen molar-refractivity contribution in [3.8, 4) is 0 Å². The van der Waals surface area contributed by atoms with Crippen molar-refractivity contribution in [2.75, 3.05) is 79.2 Å². The molecule has 5 rings (SSSR count). The van der Waals surface area contributed by atoms with Crippen LogP contribution in [-0.4, -0.2) is 106 Å². The Labute approximate surface area is 166 Å².